The molecule has 3 rings (SSSR count). The van der Waals surface area contributed by atoms with E-state index in [0.717, 1.165) is 33.3 Å². The van der Waals surface area contributed by atoms with Gasteiger partial charge in [-0.25, -0.2) is 9.67 Å². The Bertz CT molecular complexity index is 1020. The summed E-state index contributed by atoms with van der Waals surface area (Å²) in [5.41, 5.74) is 5.29. The third-order valence-corrected chi connectivity index (χ3v) is 5.66. The predicted molar refractivity (Wildman–Crippen MR) is 111 cm³/mol. The summed E-state index contributed by atoms with van der Waals surface area (Å²) >= 11 is 1.53. The highest BCUT2D eigenvalue weighted by atomic mass is 32.1. The summed E-state index contributed by atoms with van der Waals surface area (Å²) in [6.45, 7) is 6.25. The first-order valence-corrected chi connectivity index (χ1v) is 10.2. The van der Waals surface area contributed by atoms with Gasteiger partial charge in [-0.3, -0.25) is 9.59 Å². The smallest absolute Gasteiger partial charge is 0.305 e. The number of nitrogens with zero attached hydrogens (tertiary/aromatic N) is 3. The van der Waals surface area contributed by atoms with Crippen LogP contribution in [-0.2, 0) is 22.5 Å². The van der Waals surface area contributed by atoms with Gasteiger partial charge in [-0.1, -0.05) is 0 Å². The van der Waals surface area contributed by atoms with Crippen LogP contribution in [0.15, 0.2) is 29.6 Å². The molecule has 2 aromatic heterocycles. The highest BCUT2D eigenvalue weighted by Gasteiger charge is 2.15. The SMILES string of the molecule is COC(=O)CCc1c(C)nn(-c2ccc(C(=O)NCc3nc(C)cs3)cc2)c1C. The highest BCUT2D eigenvalue weighted by Crippen LogP contribution is 2.20. The van der Waals surface area contributed by atoms with Crippen molar-refractivity contribution in [3.63, 3.8) is 0 Å². The van der Waals surface area contributed by atoms with E-state index in [4.69, 9.17) is 4.74 Å². The van der Waals surface area contributed by atoms with Crippen LogP contribution in [0.25, 0.3) is 5.69 Å². The molecule has 0 aliphatic rings. The van der Waals surface area contributed by atoms with Gasteiger partial charge >= 0.3 is 5.97 Å². The van der Waals surface area contributed by atoms with Crippen molar-refractivity contribution >= 4 is 23.2 Å². The Labute approximate surface area is 173 Å². The number of amides is 1. The van der Waals surface area contributed by atoms with Crippen LogP contribution in [0.4, 0.5) is 0 Å². The summed E-state index contributed by atoms with van der Waals surface area (Å²) in [5, 5.41) is 10.3. The molecule has 0 bridgehead atoms. The van der Waals surface area contributed by atoms with Crippen molar-refractivity contribution in [2.24, 2.45) is 0 Å². The number of hydrogen-bond donors (Lipinski definition) is 1. The molecule has 0 fully saturated rings. The van der Waals surface area contributed by atoms with Crippen LogP contribution in [0.3, 0.4) is 0 Å². The van der Waals surface area contributed by atoms with Crippen LogP contribution in [0.2, 0.25) is 0 Å². The van der Waals surface area contributed by atoms with Crippen molar-refractivity contribution in [3.8, 4) is 5.69 Å². The molecule has 152 valence electrons. The quantitative estimate of drug-likeness (QED) is 0.602. The minimum absolute atomic E-state index is 0.142. The number of nitrogens with one attached hydrogen (secondary N) is 1. The number of aryl methyl sites for hydroxylation is 2. The molecule has 8 heteroatoms. The molecule has 7 nitrogen and oxygen atoms in total. The predicted octanol–water partition coefficient (Wildman–Crippen LogP) is 3.29. The zero-order chi connectivity index (χ0) is 21.0. The number of esters is 1. The molecule has 0 spiro atoms. The molecule has 0 unspecified atom stereocenters. The summed E-state index contributed by atoms with van der Waals surface area (Å²) in [7, 11) is 1.39. The lowest BCUT2D eigenvalue weighted by molar-refractivity contribution is -0.140. The fourth-order valence-corrected chi connectivity index (χ4v) is 3.82. The number of hydrogen-bond acceptors (Lipinski definition) is 6. The summed E-state index contributed by atoms with van der Waals surface area (Å²) in [6.07, 6.45) is 0.905. The normalized spacial score (nSPS) is 10.8. The average molecular weight is 413 g/mol. The molecule has 0 saturated heterocycles. The van der Waals surface area contributed by atoms with Gasteiger partial charge < -0.3 is 10.1 Å². The van der Waals surface area contributed by atoms with Crippen molar-refractivity contribution in [2.45, 2.75) is 40.2 Å². The first-order chi connectivity index (χ1) is 13.9. The molecular formula is C21H24N4O3S. The summed E-state index contributed by atoms with van der Waals surface area (Å²) in [4.78, 5) is 28.2. The summed E-state index contributed by atoms with van der Waals surface area (Å²) in [5.74, 6) is -0.378. The number of carbonyl (C=O) groups is 2. The molecule has 0 atom stereocenters. The number of rotatable bonds is 7. The molecule has 29 heavy (non-hydrogen) atoms. The number of ether oxygens (including phenoxy) is 1. The molecule has 0 aliphatic heterocycles. The number of carbonyl (C=O) groups excluding carboxylic acids is 2. The van der Waals surface area contributed by atoms with Crippen LogP contribution in [0, 0.1) is 20.8 Å². The first-order valence-electron chi connectivity index (χ1n) is 9.30. The van der Waals surface area contributed by atoms with Gasteiger partial charge in [-0.05, 0) is 57.0 Å². The van der Waals surface area contributed by atoms with E-state index in [1.807, 2.05) is 43.0 Å². The second-order valence-electron chi connectivity index (χ2n) is 6.75. The second-order valence-corrected chi connectivity index (χ2v) is 7.69. The summed E-state index contributed by atoms with van der Waals surface area (Å²) in [6, 6.07) is 7.29. The Morgan fingerprint density at radius 2 is 1.90 bits per heavy atom. The van der Waals surface area contributed by atoms with Crippen LogP contribution in [0.5, 0.6) is 0 Å². The Kier molecular flexibility index (Phi) is 6.43. The van der Waals surface area contributed by atoms with Gasteiger partial charge in [0, 0.05) is 28.8 Å². The van der Waals surface area contributed by atoms with Crippen LogP contribution in [0.1, 0.15) is 44.4 Å². The fraction of sp³-hybridized carbons (Fsp3) is 0.333. The van der Waals surface area contributed by atoms with Gasteiger partial charge in [0.25, 0.3) is 5.91 Å². The molecule has 1 N–H and O–H groups in total. The minimum Gasteiger partial charge on any atom is -0.469 e. The van der Waals surface area contributed by atoms with Crippen molar-refractivity contribution in [1.82, 2.24) is 20.1 Å². The number of thiazole rings is 1. The standard InChI is InChI=1S/C21H24N4O3S/c1-13-12-29-19(23-13)11-22-21(27)16-5-7-17(8-6-16)25-15(3)18(14(2)24-25)9-10-20(26)28-4/h5-8,12H,9-11H2,1-4H3,(H,22,27). The Hall–Kier alpha value is -3.00. The molecule has 0 saturated carbocycles. The van der Waals surface area contributed by atoms with Crippen molar-refractivity contribution in [1.29, 1.82) is 0 Å². The van der Waals surface area contributed by atoms with Gasteiger partial charge in [0.2, 0.25) is 0 Å². The van der Waals surface area contributed by atoms with Gasteiger partial charge in [0.05, 0.1) is 25.0 Å². The maximum atomic E-state index is 12.4. The van der Waals surface area contributed by atoms with Crippen LogP contribution >= 0.6 is 11.3 Å². The molecule has 3 aromatic rings. The van der Waals surface area contributed by atoms with E-state index >= 15 is 0 Å². The van der Waals surface area contributed by atoms with E-state index in [0.29, 0.717) is 24.9 Å². The highest BCUT2D eigenvalue weighted by molar-refractivity contribution is 7.09. The summed E-state index contributed by atoms with van der Waals surface area (Å²) < 4.78 is 6.56. The van der Waals surface area contributed by atoms with E-state index in [2.05, 4.69) is 15.4 Å². The zero-order valence-corrected chi connectivity index (χ0v) is 17.8. The number of methoxy groups -OCH3 is 1. The van der Waals surface area contributed by atoms with Gasteiger partial charge in [0.15, 0.2) is 0 Å². The van der Waals surface area contributed by atoms with E-state index in [1.165, 1.54) is 18.4 Å². The van der Waals surface area contributed by atoms with E-state index in [-0.39, 0.29) is 11.9 Å². The molecule has 0 radical (unpaired) electrons. The lowest BCUT2D eigenvalue weighted by Gasteiger charge is -2.08. The first kappa shape index (κ1) is 20.7. The molecular weight excluding hydrogens is 388 g/mol. The molecule has 1 amide bonds. The number of benzene rings is 1. The Balaban J connectivity index is 1.69. The third-order valence-electron chi connectivity index (χ3n) is 4.69. The Morgan fingerprint density at radius 1 is 1.17 bits per heavy atom. The third kappa shape index (κ3) is 4.89. The monoisotopic (exact) mass is 412 g/mol. The largest absolute Gasteiger partial charge is 0.469 e. The maximum Gasteiger partial charge on any atom is 0.305 e. The lowest BCUT2D eigenvalue weighted by Crippen LogP contribution is -2.22. The molecule has 0 aliphatic carbocycles. The average Bonchev–Trinajstić information content (AvgIpc) is 3.26. The van der Waals surface area contributed by atoms with E-state index < -0.39 is 0 Å². The van der Waals surface area contributed by atoms with Crippen molar-refractivity contribution in [3.05, 3.63) is 62.9 Å². The van der Waals surface area contributed by atoms with E-state index in [1.54, 1.807) is 12.1 Å². The zero-order valence-electron chi connectivity index (χ0n) is 17.0. The second kappa shape index (κ2) is 9.00. The Morgan fingerprint density at radius 3 is 2.52 bits per heavy atom. The lowest BCUT2D eigenvalue weighted by atomic mass is 10.1. The number of aromatic nitrogens is 3. The van der Waals surface area contributed by atoms with Crippen LogP contribution in [-0.4, -0.2) is 33.8 Å². The van der Waals surface area contributed by atoms with E-state index in [9.17, 15) is 9.59 Å². The maximum absolute atomic E-state index is 12.4. The minimum atomic E-state index is -0.236. The fourth-order valence-electron chi connectivity index (χ4n) is 3.11. The van der Waals surface area contributed by atoms with Gasteiger partial charge in [-0.2, -0.15) is 5.10 Å². The topological polar surface area (TPSA) is 86.1 Å². The van der Waals surface area contributed by atoms with Crippen molar-refractivity contribution in [2.75, 3.05) is 7.11 Å². The molecule has 2 heterocycles. The van der Waals surface area contributed by atoms with Crippen LogP contribution < -0.4 is 5.32 Å². The van der Waals surface area contributed by atoms with Gasteiger partial charge in [0.1, 0.15) is 5.01 Å². The van der Waals surface area contributed by atoms with Gasteiger partial charge in [-0.15, -0.1) is 11.3 Å². The molecule has 1 aromatic carbocycles. The van der Waals surface area contributed by atoms with Crippen molar-refractivity contribution < 1.29 is 14.3 Å².